The van der Waals surface area contributed by atoms with Crippen LogP contribution >= 0.6 is 11.8 Å². The summed E-state index contributed by atoms with van der Waals surface area (Å²) >= 11 is 1.67. The highest BCUT2D eigenvalue weighted by molar-refractivity contribution is 7.99. The summed E-state index contributed by atoms with van der Waals surface area (Å²) in [5.74, 6) is 0.873. The summed E-state index contributed by atoms with van der Waals surface area (Å²) in [6, 6.07) is 9.22. The van der Waals surface area contributed by atoms with Gasteiger partial charge in [0.15, 0.2) is 8.32 Å². The van der Waals surface area contributed by atoms with Gasteiger partial charge >= 0.3 is 5.63 Å². The molecule has 0 saturated carbocycles. The highest BCUT2D eigenvalue weighted by Gasteiger charge is 2.40. The molecule has 0 unspecified atom stereocenters. The molecule has 1 aromatic carbocycles. The highest BCUT2D eigenvalue weighted by atomic mass is 32.2. The fourth-order valence-electron chi connectivity index (χ4n) is 2.61. The Morgan fingerprint density at radius 2 is 1.86 bits per heavy atom. The average molecular weight is 417 g/mol. The zero-order chi connectivity index (χ0) is 21.0. The standard InChI is InChI=1S/C23H32O3SSi/c1-22(2,3)28(6,7)26-23(4,5)15-11-8-12-16-27-20-17-21(24)25-19-14-10-9-13-18(19)20/h8-10,13-15,17H,12,16H2,1-7H3. The molecule has 0 saturated heterocycles. The molecule has 0 amide bonds. The van der Waals surface area contributed by atoms with Crippen LogP contribution in [0.2, 0.25) is 18.1 Å². The van der Waals surface area contributed by atoms with Crippen LogP contribution in [0.1, 0.15) is 41.0 Å². The van der Waals surface area contributed by atoms with Crippen molar-refractivity contribution in [2.45, 2.75) is 69.7 Å². The average Bonchev–Trinajstić information content (AvgIpc) is 2.55. The monoisotopic (exact) mass is 416 g/mol. The lowest BCUT2D eigenvalue weighted by atomic mass is 10.1. The van der Waals surface area contributed by atoms with Gasteiger partial charge in [0, 0.05) is 22.1 Å². The molecule has 0 fully saturated rings. The lowest BCUT2D eigenvalue weighted by molar-refractivity contribution is 0.142. The third-order valence-corrected chi connectivity index (χ3v) is 10.7. The molecule has 2 rings (SSSR count). The molecule has 0 bridgehead atoms. The predicted molar refractivity (Wildman–Crippen MR) is 123 cm³/mol. The molecule has 0 radical (unpaired) electrons. The van der Waals surface area contributed by atoms with E-state index in [0.29, 0.717) is 5.58 Å². The van der Waals surface area contributed by atoms with Gasteiger partial charge in [0.05, 0.1) is 5.60 Å². The molecule has 0 aliphatic carbocycles. The van der Waals surface area contributed by atoms with Crippen molar-refractivity contribution in [1.82, 2.24) is 0 Å². The first-order valence-electron chi connectivity index (χ1n) is 9.69. The summed E-state index contributed by atoms with van der Waals surface area (Å²) in [6.45, 7) is 15.5. The number of fused-ring (bicyclic) bond motifs is 1. The van der Waals surface area contributed by atoms with Gasteiger partial charge in [0.25, 0.3) is 0 Å². The van der Waals surface area contributed by atoms with Gasteiger partial charge in [-0.1, -0.05) is 39.0 Å². The second-order valence-corrected chi connectivity index (χ2v) is 14.9. The molecule has 5 heteroatoms. The largest absolute Gasteiger partial charge is 0.423 e. The van der Waals surface area contributed by atoms with Gasteiger partial charge in [0.1, 0.15) is 5.58 Å². The van der Waals surface area contributed by atoms with Gasteiger partial charge in [-0.25, -0.2) is 4.79 Å². The molecule has 0 N–H and O–H groups in total. The number of para-hydroxylation sites is 1. The predicted octanol–water partition coefficient (Wildman–Crippen LogP) is 6.79. The number of hydrogen-bond acceptors (Lipinski definition) is 4. The van der Waals surface area contributed by atoms with Gasteiger partial charge < -0.3 is 8.84 Å². The molecular formula is C23H32O3SSi. The van der Waals surface area contributed by atoms with Crippen molar-refractivity contribution in [2.75, 3.05) is 5.75 Å². The molecule has 28 heavy (non-hydrogen) atoms. The van der Waals surface area contributed by atoms with E-state index < -0.39 is 8.32 Å². The van der Waals surface area contributed by atoms with Crippen molar-refractivity contribution < 1.29 is 8.84 Å². The molecule has 1 heterocycles. The Morgan fingerprint density at radius 1 is 1.18 bits per heavy atom. The molecule has 0 aliphatic heterocycles. The van der Waals surface area contributed by atoms with Crippen LogP contribution in [-0.4, -0.2) is 19.7 Å². The van der Waals surface area contributed by atoms with E-state index in [-0.39, 0.29) is 16.3 Å². The Kier molecular flexibility index (Phi) is 7.21. The maximum Gasteiger partial charge on any atom is 0.337 e. The molecule has 1 aromatic heterocycles. The first-order valence-corrected chi connectivity index (χ1v) is 13.6. The van der Waals surface area contributed by atoms with Crippen molar-refractivity contribution in [3.63, 3.8) is 0 Å². The molecule has 0 aliphatic rings. The van der Waals surface area contributed by atoms with Gasteiger partial charge in [-0.05, 0) is 56.6 Å². The fourth-order valence-corrected chi connectivity index (χ4v) is 5.25. The maximum atomic E-state index is 11.7. The maximum absolute atomic E-state index is 11.7. The number of rotatable bonds is 7. The SMILES string of the molecule is CC(C)(C=C=CCCSc1cc(=O)oc2ccccc12)O[Si](C)(C)C(C)(C)C. The first kappa shape index (κ1) is 22.8. The smallest absolute Gasteiger partial charge is 0.337 e. The second-order valence-electron chi connectivity index (χ2n) is 9.04. The van der Waals surface area contributed by atoms with Crippen LogP contribution in [-0.2, 0) is 4.43 Å². The van der Waals surface area contributed by atoms with Gasteiger partial charge in [-0.2, -0.15) is 0 Å². The van der Waals surface area contributed by atoms with Gasteiger partial charge in [0.2, 0.25) is 0 Å². The van der Waals surface area contributed by atoms with E-state index in [4.69, 9.17) is 8.84 Å². The van der Waals surface area contributed by atoms with E-state index in [1.165, 1.54) is 0 Å². The lowest BCUT2D eigenvalue weighted by Gasteiger charge is -2.41. The van der Waals surface area contributed by atoms with Crippen molar-refractivity contribution in [2.24, 2.45) is 0 Å². The second kappa shape index (κ2) is 8.87. The minimum absolute atomic E-state index is 0.184. The Bertz CT molecular complexity index is 929. The molecule has 2 aromatic rings. The molecule has 0 spiro atoms. The van der Waals surface area contributed by atoms with E-state index in [2.05, 4.69) is 53.4 Å². The molecule has 0 atom stereocenters. The lowest BCUT2D eigenvalue weighted by Crippen LogP contribution is -2.46. The van der Waals surface area contributed by atoms with Crippen LogP contribution < -0.4 is 5.63 Å². The van der Waals surface area contributed by atoms with Crippen molar-refractivity contribution >= 4 is 31.0 Å². The highest BCUT2D eigenvalue weighted by Crippen LogP contribution is 2.39. The topological polar surface area (TPSA) is 39.4 Å². The summed E-state index contributed by atoms with van der Waals surface area (Å²) in [5.41, 5.74) is 3.29. The van der Waals surface area contributed by atoms with Crippen molar-refractivity contribution in [1.29, 1.82) is 0 Å². The van der Waals surface area contributed by atoms with Crippen LogP contribution in [0.15, 0.2) is 62.3 Å². The Morgan fingerprint density at radius 3 is 2.54 bits per heavy atom. The minimum atomic E-state index is -1.82. The summed E-state index contributed by atoms with van der Waals surface area (Å²) in [7, 11) is -1.82. The van der Waals surface area contributed by atoms with E-state index in [1.807, 2.05) is 36.4 Å². The van der Waals surface area contributed by atoms with Crippen LogP contribution in [0.25, 0.3) is 11.0 Å². The zero-order valence-electron chi connectivity index (χ0n) is 18.1. The van der Waals surface area contributed by atoms with Crippen LogP contribution in [0.3, 0.4) is 0 Å². The Hall–Kier alpha value is -1.52. The normalized spacial score (nSPS) is 12.7. The Balaban J connectivity index is 1.96. The quantitative estimate of drug-likeness (QED) is 0.164. The zero-order valence-corrected chi connectivity index (χ0v) is 19.9. The number of benzene rings is 1. The molecule has 152 valence electrons. The van der Waals surface area contributed by atoms with E-state index in [9.17, 15) is 4.79 Å². The fraction of sp³-hybridized carbons (Fsp3) is 0.478. The molecular weight excluding hydrogens is 384 g/mol. The van der Waals surface area contributed by atoms with Gasteiger partial charge in [-0.3, -0.25) is 0 Å². The summed E-state index contributed by atoms with van der Waals surface area (Å²) in [5, 5.41) is 1.17. The molecule has 3 nitrogen and oxygen atoms in total. The third kappa shape index (κ3) is 6.25. The van der Waals surface area contributed by atoms with Gasteiger partial charge in [-0.15, -0.1) is 17.5 Å². The van der Waals surface area contributed by atoms with Crippen molar-refractivity contribution in [3.05, 3.63) is 58.6 Å². The van der Waals surface area contributed by atoms with Crippen LogP contribution in [0.5, 0.6) is 0 Å². The third-order valence-electron chi connectivity index (χ3n) is 5.00. The van der Waals surface area contributed by atoms with Crippen LogP contribution in [0, 0.1) is 0 Å². The number of thioether (sulfide) groups is 1. The van der Waals surface area contributed by atoms with E-state index in [1.54, 1.807) is 17.8 Å². The number of hydrogen-bond donors (Lipinski definition) is 0. The van der Waals surface area contributed by atoms with E-state index >= 15 is 0 Å². The minimum Gasteiger partial charge on any atom is -0.423 e. The summed E-state index contributed by atoms with van der Waals surface area (Å²) in [6.07, 6.45) is 4.92. The Labute approximate surface area is 174 Å². The van der Waals surface area contributed by atoms with E-state index in [0.717, 1.165) is 22.5 Å². The van der Waals surface area contributed by atoms with Crippen molar-refractivity contribution in [3.8, 4) is 0 Å². The summed E-state index contributed by atoms with van der Waals surface area (Å²) in [4.78, 5) is 12.7. The first-order chi connectivity index (χ1) is 12.9. The van der Waals surface area contributed by atoms with Crippen LogP contribution in [0.4, 0.5) is 0 Å². The summed E-state index contributed by atoms with van der Waals surface area (Å²) < 4.78 is 11.7.